The number of aliphatic hydroxyl groups is 1. The number of nitrogens with one attached hydrogen (secondary N) is 1. The van der Waals surface area contributed by atoms with Crippen LogP contribution in [0.3, 0.4) is 0 Å². The lowest BCUT2D eigenvalue weighted by atomic mass is 9.92. The zero-order chi connectivity index (χ0) is 10.5. The van der Waals surface area contributed by atoms with Crippen molar-refractivity contribution in [3.8, 4) is 0 Å². The third-order valence-corrected chi connectivity index (χ3v) is 2.17. The van der Waals surface area contributed by atoms with Crippen molar-refractivity contribution < 1.29 is 9.90 Å². The molecule has 0 radical (unpaired) electrons. The van der Waals surface area contributed by atoms with Gasteiger partial charge in [0.25, 0.3) is 0 Å². The predicted molar refractivity (Wildman–Crippen MR) is 52.1 cm³/mol. The molecule has 4 nitrogen and oxygen atoms in total. The maximum absolute atomic E-state index is 11.5. The van der Waals surface area contributed by atoms with Crippen molar-refractivity contribution in [1.82, 2.24) is 5.32 Å². The van der Waals surface area contributed by atoms with Gasteiger partial charge in [-0.3, -0.25) is 4.79 Å². The zero-order valence-electron chi connectivity index (χ0n) is 8.63. The molecular formula is C9H20N2O2. The molecule has 0 aromatic heterocycles. The fourth-order valence-corrected chi connectivity index (χ4v) is 0.750. The minimum absolute atomic E-state index is 0.0249. The van der Waals surface area contributed by atoms with Gasteiger partial charge >= 0.3 is 0 Å². The average molecular weight is 188 g/mol. The molecule has 0 aliphatic carbocycles. The van der Waals surface area contributed by atoms with Crippen molar-refractivity contribution in [3.63, 3.8) is 0 Å². The van der Waals surface area contributed by atoms with Crippen molar-refractivity contribution in [2.75, 3.05) is 13.2 Å². The quantitative estimate of drug-likeness (QED) is 0.562. The molecule has 78 valence electrons. The lowest BCUT2D eigenvalue weighted by Gasteiger charge is -2.24. The summed E-state index contributed by atoms with van der Waals surface area (Å²) in [5.74, 6) is -0.101. The van der Waals surface area contributed by atoms with Crippen LogP contribution in [-0.4, -0.2) is 30.2 Å². The number of carbonyl (C=O) groups is 1. The van der Waals surface area contributed by atoms with E-state index in [9.17, 15) is 4.79 Å². The van der Waals surface area contributed by atoms with Crippen molar-refractivity contribution >= 4 is 5.91 Å². The monoisotopic (exact) mass is 188 g/mol. The molecule has 4 heteroatoms. The second-order valence-electron chi connectivity index (χ2n) is 3.85. The molecule has 4 N–H and O–H groups in total. The number of aliphatic hydroxyl groups excluding tert-OH is 1. The first kappa shape index (κ1) is 12.4. The molecule has 0 aliphatic heterocycles. The van der Waals surface area contributed by atoms with Gasteiger partial charge < -0.3 is 16.2 Å². The van der Waals surface area contributed by atoms with Gasteiger partial charge in [-0.25, -0.2) is 0 Å². The van der Waals surface area contributed by atoms with E-state index >= 15 is 0 Å². The second-order valence-corrected chi connectivity index (χ2v) is 3.85. The summed E-state index contributed by atoms with van der Waals surface area (Å²) in [6.07, 6.45) is 0.725. The van der Waals surface area contributed by atoms with Gasteiger partial charge in [0.1, 0.15) is 0 Å². The van der Waals surface area contributed by atoms with Crippen molar-refractivity contribution in [2.45, 2.75) is 33.2 Å². The molecule has 1 amide bonds. The summed E-state index contributed by atoms with van der Waals surface area (Å²) in [6.45, 7) is 5.76. The van der Waals surface area contributed by atoms with Crippen LogP contribution in [0.5, 0.6) is 0 Å². The molecule has 0 aliphatic rings. The van der Waals surface area contributed by atoms with Crippen LogP contribution in [0.25, 0.3) is 0 Å². The lowest BCUT2D eigenvalue weighted by molar-refractivity contribution is -0.129. The Hall–Kier alpha value is -0.610. The van der Waals surface area contributed by atoms with Crippen LogP contribution in [0, 0.1) is 5.41 Å². The molecule has 0 rings (SSSR count). The van der Waals surface area contributed by atoms with E-state index in [-0.39, 0.29) is 18.6 Å². The number of amides is 1. The summed E-state index contributed by atoms with van der Waals surface area (Å²) in [6, 6.07) is -0.154. The Morgan fingerprint density at radius 1 is 1.62 bits per heavy atom. The van der Waals surface area contributed by atoms with Crippen LogP contribution in [0.2, 0.25) is 0 Å². The van der Waals surface area contributed by atoms with Gasteiger partial charge in [0.2, 0.25) is 5.91 Å². The van der Waals surface area contributed by atoms with Gasteiger partial charge in [0, 0.05) is 6.54 Å². The minimum atomic E-state index is -0.553. The van der Waals surface area contributed by atoms with E-state index in [0.29, 0.717) is 6.54 Å². The predicted octanol–water partition coefficient (Wildman–Crippen LogP) is -0.142. The highest BCUT2D eigenvalue weighted by molar-refractivity contribution is 5.82. The van der Waals surface area contributed by atoms with Crippen molar-refractivity contribution in [1.29, 1.82) is 0 Å². The molecule has 0 aromatic rings. The molecule has 0 bridgehead atoms. The van der Waals surface area contributed by atoms with Gasteiger partial charge in [-0.2, -0.15) is 0 Å². The second kappa shape index (κ2) is 5.19. The molecule has 1 unspecified atom stereocenters. The Labute approximate surface area is 79.5 Å². The molecular weight excluding hydrogens is 168 g/mol. The highest BCUT2D eigenvalue weighted by Crippen LogP contribution is 2.12. The van der Waals surface area contributed by atoms with Crippen LogP contribution >= 0.6 is 0 Å². The molecule has 0 spiro atoms. The summed E-state index contributed by atoms with van der Waals surface area (Å²) in [5.41, 5.74) is 4.89. The lowest BCUT2D eigenvalue weighted by Crippen LogP contribution is -2.47. The minimum Gasteiger partial charge on any atom is -0.394 e. The van der Waals surface area contributed by atoms with Crippen LogP contribution in [0.4, 0.5) is 0 Å². The number of nitrogens with two attached hydrogens (primary N) is 1. The Kier molecular flexibility index (Phi) is 4.95. The number of hydrogen-bond acceptors (Lipinski definition) is 3. The standard InChI is InChI=1S/C9H20N2O2/c1-4-7(5-12)11-8(13)9(2,3)6-10/h7,12H,4-6,10H2,1-3H3,(H,11,13). The van der Waals surface area contributed by atoms with E-state index in [4.69, 9.17) is 10.8 Å². The summed E-state index contributed by atoms with van der Waals surface area (Å²) >= 11 is 0. The molecule has 0 aromatic carbocycles. The van der Waals surface area contributed by atoms with E-state index in [1.165, 1.54) is 0 Å². The van der Waals surface area contributed by atoms with E-state index in [0.717, 1.165) is 6.42 Å². The topological polar surface area (TPSA) is 75.3 Å². The Balaban J connectivity index is 4.13. The van der Waals surface area contributed by atoms with Gasteiger partial charge in [-0.1, -0.05) is 6.92 Å². The smallest absolute Gasteiger partial charge is 0.227 e. The van der Waals surface area contributed by atoms with Gasteiger partial charge in [0.05, 0.1) is 18.1 Å². The Morgan fingerprint density at radius 2 is 2.15 bits per heavy atom. The number of hydrogen-bond donors (Lipinski definition) is 3. The SMILES string of the molecule is CCC(CO)NC(=O)C(C)(C)CN. The molecule has 0 heterocycles. The van der Waals surface area contributed by atoms with Crippen LogP contribution < -0.4 is 11.1 Å². The maximum Gasteiger partial charge on any atom is 0.227 e. The van der Waals surface area contributed by atoms with Crippen molar-refractivity contribution in [3.05, 3.63) is 0 Å². The van der Waals surface area contributed by atoms with E-state index in [2.05, 4.69) is 5.32 Å². The Morgan fingerprint density at radius 3 is 2.46 bits per heavy atom. The van der Waals surface area contributed by atoms with Gasteiger partial charge in [0.15, 0.2) is 0 Å². The molecule has 1 atom stereocenters. The molecule has 13 heavy (non-hydrogen) atoms. The first-order valence-corrected chi connectivity index (χ1v) is 4.59. The molecule has 0 saturated carbocycles. The van der Waals surface area contributed by atoms with E-state index < -0.39 is 5.41 Å². The third-order valence-electron chi connectivity index (χ3n) is 2.17. The summed E-state index contributed by atoms with van der Waals surface area (Å²) in [5, 5.41) is 11.6. The van der Waals surface area contributed by atoms with Gasteiger partial charge in [-0.15, -0.1) is 0 Å². The first-order valence-electron chi connectivity index (χ1n) is 4.59. The highest BCUT2D eigenvalue weighted by Gasteiger charge is 2.26. The van der Waals surface area contributed by atoms with Gasteiger partial charge in [-0.05, 0) is 20.3 Å². The third kappa shape index (κ3) is 3.74. The fraction of sp³-hybridized carbons (Fsp3) is 0.889. The van der Waals surface area contributed by atoms with Crippen LogP contribution in [0.1, 0.15) is 27.2 Å². The molecule has 0 saturated heterocycles. The largest absolute Gasteiger partial charge is 0.394 e. The summed E-state index contributed by atoms with van der Waals surface area (Å²) < 4.78 is 0. The maximum atomic E-state index is 11.5. The average Bonchev–Trinajstić information content (AvgIpc) is 2.13. The highest BCUT2D eigenvalue weighted by atomic mass is 16.3. The van der Waals surface area contributed by atoms with E-state index in [1.54, 1.807) is 13.8 Å². The number of carbonyl (C=O) groups excluding carboxylic acids is 1. The molecule has 0 fully saturated rings. The summed E-state index contributed by atoms with van der Waals surface area (Å²) in [7, 11) is 0. The number of rotatable bonds is 5. The zero-order valence-corrected chi connectivity index (χ0v) is 8.63. The van der Waals surface area contributed by atoms with Crippen LogP contribution in [-0.2, 0) is 4.79 Å². The summed E-state index contributed by atoms with van der Waals surface area (Å²) in [4.78, 5) is 11.5. The fourth-order valence-electron chi connectivity index (χ4n) is 0.750. The van der Waals surface area contributed by atoms with E-state index in [1.807, 2.05) is 6.92 Å². The normalized spacial score (nSPS) is 13.9. The van der Waals surface area contributed by atoms with Crippen LogP contribution in [0.15, 0.2) is 0 Å². The van der Waals surface area contributed by atoms with Crippen molar-refractivity contribution in [2.24, 2.45) is 11.1 Å². The Bertz CT molecular complexity index is 165. The first-order chi connectivity index (χ1) is 5.97.